The average Bonchev–Trinajstić information content (AvgIpc) is 2.59. The smallest absolute Gasteiger partial charge is 0.338 e. The van der Waals surface area contributed by atoms with Gasteiger partial charge in [0.05, 0.1) is 10.5 Å². The van der Waals surface area contributed by atoms with Crippen molar-refractivity contribution in [2.24, 2.45) is 0 Å². The number of ether oxygens (including phenoxy) is 2. The molecule has 0 aliphatic rings. The van der Waals surface area contributed by atoms with E-state index in [1.807, 2.05) is 19.1 Å². The summed E-state index contributed by atoms with van der Waals surface area (Å²) in [5.74, 6) is -0.0550. The molecule has 2 aromatic rings. The van der Waals surface area contributed by atoms with Gasteiger partial charge in [0.2, 0.25) is 0 Å². The molecule has 1 atom stereocenters. The molecule has 0 fully saturated rings. The first-order valence-corrected chi connectivity index (χ1v) is 7.25. The molecule has 0 spiro atoms. The average molecular weight is 331 g/mol. The van der Waals surface area contributed by atoms with Crippen molar-refractivity contribution in [1.29, 1.82) is 0 Å². The first-order valence-electron chi connectivity index (χ1n) is 7.25. The molecule has 0 unspecified atom stereocenters. The third-order valence-corrected chi connectivity index (χ3v) is 3.18. The van der Waals surface area contributed by atoms with Crippen molar-refractivity contribution in [1.82, 2.24) is 0 Å². The number of nitro benzene ring substituents is 1. The van der Waals surface area contributed by atoms with E-state index in [9.17, 15) is 20.0 Å². The lowest BCUT2D eigenvalue weighted by atomic mass is 10.2. The highest BCUT2D eigenvalue weighted by atomic mass is 16.6. The number of nitro groups is 1. The van der Waals surface area contributed by atoms with Crippen molar-refractivity contribution in [3.8, 4) is 5.75 Å². The van der Waals surface area contributed by atoms with E-state index in [0.717, 1.165) is 5.56 Å². The molecule has 0 saturated heterocycles. The maximum absolute atomic E-state index is 11.8. The molecule has 24 heavy (non-hydrogen) atoms. The summed E-state index contributed by atoms with van der Waals surface area (Å²) in [5, 5.41) is 20.3. The predicted octanol–water partition coefficient (Wildman–Crippen LogP) is 2.50. The number of aryl methyl sites for hydroxylation is 1. The Kier molecular flexibility index (Phi) is 5.86. The van der Waals surface area contributed by atoms with Crippen molar-refractivity contribution >= 4 is 11.7 Å². The summed E-state index contributed by atoms with van der Waals surface area (Å²) in [5.41, 5.74) is 1.16. The highest BCUT2D eigenvalue weighted by Crippen LogP contribution is 2.13. The van der Waals surface area contributed by atoms with Gasteiger partial charge in [0, 0.05) is 12.1 Å². The molecule has 0 aliphatic heterocycles. The summed E-state index contributed by atoms with van der Waals surface area (Å²) in [6, 6.07) is 12.4. The third-order valence-electron chi connectivity index (χ3n) is 3.18. The van der Waals surface area contributed by atoms with Crippen LogP contribution in [0.3, 0.4) is 0 Å². The number of esters is 1. The van der Waals surface area contributed by atoms with Crippen LogP contribution < -0.4 is 4.74 Å². The quantitative estimate of drug-likeness (QED) is 0.475. The van der Waals surface area contributed by atoms with Crippen LogP contribution in [0.4, 0.5) is 5.69 Å². The molecule has 2 rings (SSSR count). The molecule has 7 heteroatoms. The van der Waals surface area contributed by atoms with Crippen LogP contribution in [-0.4, -0.2) is 35.3 Å². The Labute approximate surface area is 138 Å². The highest BCUT2D eigenvalue weighted by Gasteiger charge is 2.13. The minimum absolute atomic E-state index is 0.0173. The minimum atomic E-state index is -0.978. The first-order chi connectivity index (χ1) is 11.5. The molecule has 0 bridgehead atoms. The van der Waals surface area contributed by atoms with Crippen LogP contribution in [0.2, 0.25) is 0 Å². The number of benzene rings is 2. The van der Waals surface area contributed by atoms with Crippen LogP contribution >= 0.6 is 0 Å². The molecule has 1 N–H and O–H groups in total. The van der Waals surface area contributed by atoms with Gasteiger partial charge in [0.25, 0.3) is 5.69 Å². The van der Waals surface area contributed by atoms with E-state index in [4.69, 9.17) is 9.47 Å². The number of carbonyl (C=O) groups excluding carboxylic acids is 1. The fraction of sp³-hybridized carbons (Fsp3) is 0.235. The molecule has 0 aromatic heterocycles. The van der Waals surface area contributed by atoms with Crippen LogP contribution in [0.5, 0.6) is 5.75 Å². The number of aliphatic hydroxyl groups is 1. The Morgan fingerprint density at radius 1 is 1.12 bits per heavy atom. The van der Waals surface area contributed by atoms with E-state index in [1.165, 1.54) is 24.3 Å². The van der Waals surface area contributed by atoms with E-state index in [2.05, 4.69) is 0 Å². The maximum atomic E-state index is 11.8. The van der Waals surface area contributed by atoms with Crippen LogP contribution in [0, 0.1) is 17.0 Å². The van der Waals surface area contributed by atoms with Gasteiger partial charge in [-0.2, -0.15) is 0 Å². The number of non-ortho nitro benzene ring substituents is 1. The SMILES string of the molecule is Cc1ccc(OC[C@H](O)COC(=O)c2ccc([N+](=O)[O-])cc2)cc1. The summed E-state index contributed by atoms with van der Waals surface area (Å²) in [4.78, 5) is 21.8. The van der Waals surface area contributed by atoms with Crippen LogP contribution in [0.25, 0.3) is 0 Å². The Hall–Kier alpha value is -2.93. The van der Waals surface area contributed by atoms with E-state index in [0.29, 0.717) is 5.75 Å². The minimum Gasteiger partial charge on any atom is -0.491 e. The lowest BCUT2D eigenvalue weighted by molar-refractivity contribution is -0.384. The van der Waals surface area contributed by atoms with E-state index in [1.54, 1.807) is 12.1 Å². The second-order valence-corrected chi connectivity index (χ2v) is 5.18. The largest absolute Gasteiger partial charge is 0.491 e. The Bertz CT molecular complexity index is 696. The number of carbonyl (C=O) groups is 1. The fourth-order valence-electron chi connectivity index (χ4n) is 1.85. The van der Waals surface area contributed by atoms with Gasteiger partial charge in [0.15, 0.2) is 0 Å². The number of hydrogen-bond donors (Lipinski definition) is 1. The maximum Gasteiger partial charge on any atom is 0.338 e. The molecule has 0 heterocycles. The van der Waals surface area contributed by atoms with Crippen molar-refractivity contribution in [3.63, 3.8) is 0 Å². The zero-order valence-electron chi connectivity index (χ0n) is 13.0. The van der Waals surface area contributed by atoms with Gasteiger partial charge in [-0.3, -0.25) is 10.1 Å². The Morgan fingerprint density at radius 3 is 2.33 bits per heavy atom. The second-order valence-electron chi connectivity index (χ2n) is 5.18. The number of nitrogens with zero attached hydrogens (tertiary/aromatic N) is 1. The molecule has 0 aliphatic carbocycles. The highest BCUT2D eigenvalue weighted by molar-refractivity contribution is 5.89. The van der Waals surface area contributed by atoms with E-state index < -0.39 is 17.0 Å². The van der Waals surface area contributed by atoms with Crippen molar-refractivity contribution in [2.45, 2.75) is 13.0 Å². The molecule has 126 valence electrons. The molecule has 0 saturated carbocycles. The topological polar surface area (TPSA) is 98.9 Å². The van der Waals surface area contributed by atoms with Gasteiger partial charge in [-0.05, 0) is 31.2 Å². The summed E-state index contributed by atoms with van der Waals surface area (Å²) >= 11 is 0. The molecular weight excluding hydrogens is 314 g/mol. The first kappa shape index (κ1) is 17.4. The lowest BCUT2D eigenvalue weighted by Crippen LogP contribution is -2.25. The Morgan fingerprint density at radius 2 is 1.75 bits per heavy atom. The molecular formula is C17H17NO6. The fourth-order valence-corrected chi connectivity index (χ4v) is 1.85. The predicted molar refractivity (Wildman–Crippen MR) is 86.1 cm³/mol. The molecule has 7 nitrogen and oxygen atoms in total. The Balaban J connectivity index is 1.78. The lowest BCUT2D eigenvalue weighted by Gasteiger charge is -2.13. The van der Waals surface area contributed by atoms with Crippen LogP contribution in [0.15, 0.2) is 48.5 Å². The van der Waals surface area contributed by atoms with Gasteiger partial charge in [-0.1, -0.05) is 17.7 Å². The zero-order chi connectivity index (χ0) is 17.5. The summed E-state index contributed by atoms with van der Waals surface area (Å²) in [7, 11) is 0. The van der Waals surface area contributed by atoms with Gasteiger partial charge in [-0.25, -0.2) is 4.79 Å². The van der Waals surface area contributed by atoms with Crippen molar-refractivity contribution in [3.05, 3.63) is 69.8 Å². The third kappa shape index (κ3) is 5.06. The normalized spacial score (nSPS) is 11.6. The summed E-state index contributed by atoms with van der Waals surface area (Å²) < 4.78 is 10.3. The monoisotopic (exact) mass is 331 g/mol. The summed E-state index contributed by atoms with van der Waals surface area (Å²) in [6.45, 7) is 1.70. The summed E-state index contributed by atoms with van der Waals surface area (Å²) in [6.07, 6.45) is -0.978. The zero-order valence-corrected chi connectivity index (χ0v) is 13.0. The molecule has 0 radical (unpaired) electrons. The van der Waals surface area contributed by atoms with Gasteiger partial charge in [0.1, 0.15) is 25.1 Å². The molecule has 0 amide bonds. The standard InChI is InChI=1S/C17H17NO6/c1-12-2-8-16(9-3-12)23-10-15(19)11-24-17(20)13-4-6-14(7-5-13)18(21)22/h2-9,15,19H,10-11H2,1H3/t15-/m0/s1. The second kappa shape index (κ2) is 8.07. The number of aliphatic hydroxyl groups excluding tert-OH is 1. The van der Waals surface area contributed by atoms with Crippen LogP contribution in [-0.2, 0) is 4.74 Å². The molecule has 2 aromatic carbocycles. The number of rotatable bonds is 7. The number of hydrogen-bond acceptors (Lipinski definition) is 6. The van der Waals surface area contributed by atoms with Crippen molar-refractivity contribution < 1.29 is 24.3 Å². The van der Waals surface area contributed by atoms with E-state index >= 15 is 0 Å². The van der Waals surface area contributed by atoms with Crippen molar-refractivity contribution in [2.75, 3.05) is 13.2 Å². The van der Waals surface area contributed by atoms with Gasteiger partial charge < -0.3 is 14.6 Å². The van der Waals surface area contributed by atoms with E-state index in [-0.39, 0.29) is 24.5 Å². The van der Waals surface area contributed by atoms with Gasteiger partial charge >= 0.3 is 5.97 Å². The van der Waals surface area contributed by atoms with Crippen LogP contribution in [0.1, 0.15) is 15.9 Å². The van der Waals surface area contributed by atoms with Gasteiger partial charge in [-0.15, -0.1) is 0 Å².